The van der Waals surface area contributed by atoms with Gasteiger partial charge in [-0.3, -0.25) is 4.90 Å². The van der Waals surface area contributed by atoms with Gasteiger partial charge in [0.15, 0.2) is 0 Å². The van der Waals surface area contributed by atoms with Gasteiger partial charge in [-0.2, -0.15) is 0 Å². The molecule has 0 atom stereocenters. The third-order valence-corrected chi connectivity index (χ3v) is 5.55. The van der Waals surface area contributed by atoms with Crippen LogP contribution < -0.4 is 0 Å². The van der Waals surface area contributed by atoms with Crippen LogP contribution in [-0.2, 0) is 23.2 Å². The van der Waals surface area contributed by atoms with Crippen molar-refractivity contribution in [1.29, 1.82) is 0 Å². The Labute approximate surface area is 131 Å². The van der Waals surface area contributed by atoms with Gasteiger partial charge in [0.05, 0.1) is 17.6 Å². The quantitative estimate of drug-likeness (QED) is 0.914. The molecule has 0 saturated carbocycles. The first-order chi connectivity index (χ1) is 10.3. The molecule has 1 N–H and O–H groups in total. The van der Waals surface area contributed by atoms with E-state index in [1.807, 2.05) is 6.33 Å². The lowest BCUT2D eigenvalue weighted by molar-refractivity contribution is -0.0455. The van der Waals surface area contributed by atoms with Crippen LogP contribution in [0.15, 0.2) is 6.33 Å². The van der Waals surface area contributed by atoms with Crippen molar-refractivity contribution in [2.45, 2.75) is 31.3 Å². The van der Waals surface area contributed by atoms with Crippen molar-refractivity contribution in [3.63, 3.8) is 0 Å². The lowest BCUT2D eigenvalue weighted by Crippen LogP contribution is -2.53. The van der Waals surface area contributed by atoms with Gasteiger partial charge in [0.25, 0.3) is 0 Å². The smallest absolute Gasteiger partial charge is 0.138 e. The second-order valence-corrected chi connectivity index (χ2v) is 6.89. The van der Waals surface area contributed by atoms with Crippen molar-refractivity contribution in [3.8, 4) is 0 Å². The van der Waals surface area contributed by atoms with Crippen molar-refractivity contribution >= 4 is 23.1 Å². The van der Waals surface area contributed by atoms with E-state index < -0.39 is 0 Å². The second-order valence-electron chi connectivity index (χ2n) is 5.54. The lowest BCUT2D eigenvalue weighted by atomic mass is 9.80. The maximum absolute atomic E-state index is 6.19. The molecule has 8 heteroatoms. The minimum absolute atomic E-state index is 0.0568. The summed E-state index contributed by atoms with van der Waals surface area (Å²) in [6.07, 6.45) is 4.70. The lowest BCUT2D eigenvalue weighted by Gasteiger charge is -2.48. The molecule has 0 bridgehead atoms. The molecule has 2 aliphatic rings. The van der Waals surface area contributed by atoms with Crippen LogP contribution in [0.2, 0.25) is 4.34 Å². The Balaban J connectivity index is 1.71. The van der Waals surface area contributed by atoms with E-state index in [9.17, 15) is 0 Å². The summed E-state index contributed by atoms with van der Waals surface area (Å²) >= 11 is 7.43. The number of hydrogen-bond acceptors (Lipinski definition) is 6. The third-order valence-electron chi connectivity index (χ3n) is 4.57. The van der Waals surface area contributed by atoms with Gasteiger partial charge in [-0.15, -0.1) is 5.10 Å². The van der Waals surface area contributed by atoms with Gasteiger partial charge in [-0.25, -0.2) is 4.98 Å². The fraction of sp³-hybridized carbons (Fsp3) is 0.615. The van der Waals surface area contributed by atoms with E-state index in [1.165, 1.54) is 22.9 Å². The van der Waals surface area contributed by atoms with E-state index in [0.29, 0.717) is 4.34 Å². The SMILES string of the molecule is Clc1snnc1CN1CCc2[nH]cnc2C12CCOCC2. The van der Waals surface area contributed by atoms with Crippen LogP contribution in [-0.4, -0.2) is 44.2 Å². The molecule has 0 amide bonds. The molecule has 2 aliphatic heterocycles. The number of aromatic amines is 1. The summed E-state index contributed by atoms with van der Waals surface area (Å²) in [5.74, 6) is 0. The second kappa shape index (κ2) is 5.31. The summed E-state index contributed by atoms with van der Waals surface area (Å²) in [4.78, 5) is 10.4. The Morgan fingerprint density at radius 1 is 1.43 bits per heavy atom. The molecule has 2 aromatic heterocycles. The van der Waals surface area contributed by atoms with Gasteiger partial charge in [-0.1, -0.05) is 16.1 Å². The van der Waals surface area contributed by atoms with E-state index in [4.69, 9.17) is 16.3 Å². The first-order valence-electron chi connectivity index (χ1n) is 7.12. The van der Waals surface area contributed by atoms with Crippen LogP contribution in [0, 0.1) is 0 Å². The molecular formula is C13H16ClN5OS. The zero-order valence-corrected chi connectivity index (χ0v) is 13.1. The van der Waals surface area contributed by atoms with Gasteiger partial charge >= 0.3 is 0 Å². The van der Waals surface area contributed by atoms with Gasteiger partial charge in [0.2, 0.25) is 0 Å². The number of nitrogens with zero attached hydrogens (tertiary/aromatic N) is 4. The zero-order chi connectivity index (χ0) is 14.3. The summed E-state index contributed by atoms with van der Waals surface area (Å²) < 4.78 is 10.2. The predicted molar refractivity (Wildman–Crippen MR) is 79.4 cm³/mol. The highest BCUT2D eigenvalue weighted by atomic mass is 35.5. The van der Waals surface area contributed by atoms with Crippen molar-refractivity contribution < 1.29 is 4.74 Å². The maximum Gasteiger partial charge on any atom is 0.138 e. The number of hydrogen-bond donors (Lipinski definition) is 1. The fourth-order valence-electron chi connectivity index (χ4n) is 3.49. The zero-order valence-electron chi connectivity index (χ0n) is 11.5. The molecule has 0 aromatic carbocycles. The topological polar surface area (TPSA) is 66.9 Å². The van der Waals surface area contributed by atoms with Gasteiger partial charge in [-0.05, 0) is 12.8 Å². The average molecular weight is 326 g/mol. The number of rotatable bonds is 2. The molecule has 21 heavy (non-hydrogen) atoms. The minimum Gasteiger partial charge on any atom is -0.381 e. The molecular weight excluding hydrogens is 310 g/mol. The number of fused-ring (bicyclic) bond motifs is 2. The van der Waals surface area contributed by atoms with Crippen LogP contribution in [0.5, 0.6) is 0 Å². The van der Waals surface area contributed by atoms with Crippen LogP contribution in [0.1, 0.15) is 29.9 Å². The molecule has 0 unspecified atom stereocenters. The Kier molecular flexibility index (Phi) is 3.45. The summed E-state index contributed by atoms with van der Waals surface area (Å²) in [6, 6.07) is 0. The maximum atomic E-state index is 6.19. The van der Waals surface area contributed by atoms with Crippen LogP contribution in [0.25, 0.3) is 0 Å². The van der Waals surface area contributed by atoms with Crippen molar-refractivity contribution in [1.82, 2.24) is 24.5 Å². The predicted octanol–water partition coefficient (Wildman–Crippen LogP) is 1.98. The van der Waals surface area contributed by atoms with Crippen LogP contribution in [0.4, 0.5) is 0 Å². The molecule has 0 aliphatic carbocycles. The van der Waals surface area contributed by atoms with E-state index in [2.05, 4.69) is 24.5 Å². The third kappa shape index (κ3) is 2.19. The Bertz CT molecular complexity index is 636. The summed E-state index contributed by atoms with van der Waals surface area (Å²) in [7, 11) is 0. The van der Waals surface area contributed by atoms with E-state index in [1.54, 1.807) is 0 Å². The molecule has 0 radical (unpaired) electrons. The highest BCUT2D eigenvalue weighted by Crippen LogP contribution is 2.42. The number of nitrogens with one attached hydrogen (secondary N) is 1. The highest BCUT2D eigenvalue weighted by Gasteiger charge is 2.45. The summed E-state index contributed by atoms with van der Waals surface area (Å²) in [6.45, 7) is 3.24. The Hall–Kier alpha value is -1.02. The van der Waals surface area contributed by atoms with E-state index >= 15 is 0 Å². The molecule has 1 fully saturated rings. The van der Waals surface area contributed by atoms with Crippen molar-refractivity contribution in [2.24, 2.45) is 0 Å². The Morgan fingerprint density at radius 3 is 3.05 bits per heavy atom. The van der Waals surface area contributed by atoms with Crippen LogP contribution >= 0.6 is 23.1 Å². The van der Waals surface area contributed by atoms with Gasteiger partial charge in [0.1, 0.15) is 10.0 Å². The molecule has 4 heterocycles. The van der Waals surface area contributed by atoms with E-state index in [0.717, 1.165) is 51.3 Å². The average Bonchev–Trinajstić information content (AvgIpc) is 3.13. The summed E-state index contributed by atoms with van der Waals surface area (Å²) in [5, 5.41) is 4.17. The fourth-order valence-corrected chi connectivity index (χ4v) is 4.10. The molecule has 4 rings (SSSR count). The molecule has 6 nitrogen and oxygen atoms in total. The number of ether oxygens (including phenoxy) is 1. The first kappa shape index (κ1) is 13.6. The monoisotopic (exact) mass is 325 g/mol. The van der Waals surface area contributed by atoms with Crippen molar-refractivity contribution in [3.05, 3.63) is 27.7 Å². The first-order valence-corrected chi connectivity index (χ1v) is 8.27. The standard InChI is InChI=1S/C13H16ClN5OS/c14-12-10(17-18-21-12)7-19-4-1-9-11(16-8-15-9)13(19)2-5-20-6-3-13/h8H,1-7H2,(H,15,16). The largest absolute Gasteiger partial charge is 0.381 e. The number of H-pyrrole nitrogens is 1. The van der Waals surface area contributed by atoms with Gasteiger partial charge in [0, 0.05) is 50.0 Å². The normalized spacial score (nSPS) is 21.6. The van der Waals surface area contributed by atoms with Crippen LogP contribution in [0.3, 0.4) is 0 Å². The molecule has 112 valence electrons. The molecule has 1 spiro atoms. The minimum atomic E-state index is -0.0568. The highest BCUT2D eigenvalue weighted by molar-refractivity contribution is 7.10. The van der Waals surface area contributed by atoms with E-state index in [-0.39, 0.29) is 5.54 Å². The van der Waals surface area contributed by atoms with Crippen molar-refractivity contribution in [2.75, 3.05) is 19.8 Å². The van der Waals surface area contributed by atoms with Gasteiger partial charge < -0.3 is 9.72 Å². The molecule has 1 saturated heterocycles. The number of imidazole rings is 1. The Morgan fingerprint density at radius 2 is 2.29 bits per heavy atom. The number of aromatic nitrogens is 4. The number of halogens is 1. The summed E-state index contributed by atoms with van der Waals surface area (Å²) in [5.41, 5.74) is 3.25. The molecule has 2 aromatic rings.